The Hall–Kier alpha value is -0.820. The monoisotopic (exact) mass is 277 g/mol. The lowest BCUT2D eigenvalue weighted by atomic mass is 9.99. The van der Waals surface area contributed by atoms with Gasteiger partial charge in [0.05, 0.1) is 0 Å². The molecule has 0 aromatic carbocycles. The predicted octanol–water partition coefficient (Wildman–Crippen LogP) is 5.65. The van der Waals surface area contributed by atoms with E-state index in [2.05, 4.69) is 64.7 Å². The Morgan fingerprint density at radius 2 is 1.90 bits per heavy atom. The lowest BCUT2D eigenvalue weighted by molar-refractivity contribution is 0.381. The van der Waals surface area contributed by atoms with E-state index in [-0.39, 0.29) is 5.54 Å². The summed E-state index contributed by atoms with van der Waals surface area (Å²) >= 11 is 0. The Balaban J connectivity index is 3.53. The Kier molecular flexibility index (Phi) is 10.5. The fraction of sp³-hybridized carbons (Fsp3) is 0.684. The number of unbranched alkanes of at least 4 members (excludes halogenated alkanes) is 2. The highest BCUT2D eigenvalue weighted by Gasteiger charge is 2.09. The van der Waals surface area contributed by atoms with Gasteiger partial charge in [0.2, 0.25) is 0 Å². The van der Waals surface area contributed by atoms with Crippen LogP contribution in [0.1, 0.15) is 66.7 Å². The fourth-order valence-corrected chi connectivity index (χ4v) is 1.98. The Morgan fingerprint density at radius 3 is 2.50 bits per heavy atom. The van der Waals surface area contributed by atoms with Gasteiger partial charge in [-0.2, -0.15) is 0 Å². The normalized spacial score (nSPS) is 14.8. The third-order valence-electron chi connectivity index (χ3n) is 3.43. The molecule has 0 saturated carbocycles. The van der Waals surface area contributed by atoms with Crippen LogP contribution in [-0.2, 0) is 0 Å². The average Bonchev–Trinajstić information content (AvgIpc) is 2.35. The highest BCUT2D eigenvalue weighted by Crippen LogP contribution is 2.13. The Bertz CT molecular complexity index is 304. The molecule has 20 heavy (non-hydrogen) atoms. The number of hydrogen-bond acceptors (Lipinski definition) is 1. The first-order chi connectivity index (χ1) is 9.35. The van der Waals surface area contributed by atoms with Crippen LogP contribution < -0.4 is 5.32 Å². The Labute approximate surface area is 127 Å². The molecule has 0 saturated heterocycles. The van der Waals surface area contributed by atoms with Crippen molar-refractivity contribution in [1.29, 1.82) is 0 Å². The van der Waals surface area contributed by atoms with Gasteiger partial charge in [0.15, 0.2) is 0 Å². The van der Waals surface area contributed by atoms with Crippen molar-refractivity contribution in [3.8, 4) is 0 Å². The zero-order chi connectivity index (χ0) is 15.4. The molecule has 0 aliphatic carbocycles. The van der Waals surface area contributed by atoms with Gasteiger partial charge in [0, 0.05) is 5.54 Å². The molecule has 0 aromatic heterocycles. The maximum atomic E-state index is 3.74. The summed E-state index contributed by atoms with van der Waals surface area (Å²) in [5.41, 5.74) is 1.47. The van der Waals surface area contributed by atoms with Gasteiger partial charge < -0.3 is 5.32 Å². The van der Waals surface area contributed by atoms with Crippen molar-refractivity contribution in [2.75, 3.05) is 6.54 Å². The molecule has 0 heterocycles. The second-order valence-electron chi connectivity index (χ2n) is 6.90. The maximum absolute atomic E-state index is 3.74. The summed E-state index contributed by atoms with van der Waals surface area (Å²) in [5.74, 6) is 0.830. The number of nitrogens with one attached hydrogen (secondary N) is 1. The van der Waals surface area contributed by atoms with Crippen molar-refractivity contribution in [2.45, 2.75) is 72.3 Å². The lowest BCUT2D eigenvalue weighted by Gasteiger charge is -2.21. The minimum atomic E-state index is 0.252. The number of rotatable bonds is 10. The van der Waals surface area contributed by atoms with Gasteiger partial charge in [-0.25, -0.2) is 0 Å². The zero-order valence-corrected chi connectivity index (χ0v) is 14.3. The second-order valence-corrected chi connectivity index (χ2v) is 6.90. The second kappa shape index (κ2) is 10.9. The molecular formula is C19H35N. The zero-order valence-electron chi connectivity index (χ0n) is 14.3. The molecule has 116 valence electrons. The van der Waals surface area contributed by atoms with E-state index < -0.39 is 0 Å². The summed E-state index contributed by atoms with van der Waals surface area (Å²) in [6.45, 7) is 16.0. The summed E-state index contributed by atoms with van der Waals surface area (Å²) in [6, 6.07) is 0. The molecule has 0 aromatic rings. The standard InChI is InChI=1S/C19H35N/c1-7-17(2)13-11-9-8-10-12-14-18(3)15-16-20-19(4,5)6/h7,9,11,13,18,20H,1,8,10,12,14-16H2,2-6H3/b11-9-,17-13-. The molecule has 0 radical (unpaired) electrons. The first-order valence-electron chi connectivity index (χ1n) is 8.06. The highest BCUT2D eigenvalue weighted by atomic mass is 14.9. The molecule has 0 fully saturated rings. The molecule has 1 atom stereocenters. The van der Waals surface area contributed by atoms with E-state index >= 15 is 0 Å². The predicted molar refractivity (Wildman–Crippen MR) is 93.1 cm³/mol. The topological polar surface area (TPSA) is 12.0 Å². The molecule has 0 aliphatic heterocycles. The van der Waals surface area contributed by atoms with Gasteiger partial charge in [0.25, 0.3) is 0 Å². The van der Waals surface area contributed by atoms with Crippen molar-refractivity contribution < 1.29 is 0 Å². The molecule has 1 nitrogen and oxygen atoms in total. The summed E-state index contributed by atoms with van der Waals surface area (Å²) in [4.78, 5) is 0. The van der Waals surface area contributed by atoms with Crippen LogP contribution in [0.3, 0.4) is 0 Å². The highest BCUT2D eigenvalue weighted by molar-refractivity contribution is 5.19. The van der Waals surface area contributed by atoms with Crippen molar-refractivity contribution in [2.24, 2.45) is 5.92 Å². The molecule has 0 bridgehead atoms. The molecule has 0 spiro atoms. The van der Waals surface area contributed by atoms with Crippen LogP contribution in [0.25, 0.3) is 0 Å². The summed E-state index contributed by atoms with van der Waals surface area (Å²) in [7, 11) is 0. The quantitative estimate of drug-likeness (QED) is 0.402. The largest absolute Gasteiger partial charge is 0.312 e. The summed E-state index contributed by atoms with van der Waals surface area (Å²) in [6.07, 6.45) is 14.9. The average molecular weight is 277 g/mol. The van der Waals surface area contributed by atoms with Crippen LogP contribution in [0.5, 0.6) is 0 Å². The molecule has 0 rings (SSSR count). The van der Waals surface area contributed by atoms with Crippen molar-refractivity contribution >= 4 is 0 Å². The van der Waals surface area contributed by atoms with Crippen molar-refractivity contribution in [1.82, 2.24) is 5.32 Å². The molecule has 1 N–H and O–H groups in total. The summed E-state index contributed by atoms with van der Waals surface area (Å²) in [5, 5.41) is 3.56. The molecule has 1 unspecified atom stereocenters. The molecule has 1 heteroatoms. The SMILES string of the molecule is C=C/C(C)=C\C=C/CCCCC(C)CCNC(C)(C)C. The van der Waals surface area contributed by atoms with E-state index in [4.69, 9.17) is 0 Å². The van der Waals surface area contributed by atoms with Gasteiger partial charge >= 0.3 is 0 Å². The van der Waals surface area contributed by atoms with Crippen LogP contribution in [0, 0.1) is 5.92 Å². The minimum Gasteiger partial charge on any atom is -0.312 e. The lowest BCUT2D eigenvalue weighted by Crippen LogP contribution is -2.36. The molecular weight excluding hydrogens is 242 g/mol. The molecule has 0 amide bonds. The van der Waals surface area contributed by atoms with Crippen molar-refractivity contribution in [3.05, 3.63) is 36.5 Å². The van der Waals surface area contributed by atoms with Crippen LogP contribution in [-0.4, -0.2) is 12.1 Å². The van der Waals surface area contributed by atoms with Crippen LogP contribution in [0.15, 0.2) is 36.5 Å². The first-order valence-corrected chi connectivity index (χ1v) is 8.06. The van der Waals surface area contributed by atoms with E-state index in [1.165, 1.54) is 37.7 Å². The van der Waals surface area contributed by atoms with Gasteiger partial charge in [-0.3, -0.25) is 0 Å². The number of hydrogen-bond donors (Lipinski definition) is 1. The van der Waals surface area contributed by atoms with Crippen LogP contribution in [0.2, 0.25) is 0 Å². The smallest absolute Gasteiger partial charge is 0.00965 e. The van der Waals surface area contributed by atoms with Crippen LogP contribution in [0.4, 0.5) is 0 Å². The van der Waals surface area contributed by atoms with E-state index in [0.29, 0.717) is 0 Å². The van der Waals surface area contributed by atoms with Gasteiger partial charge in [-0.15, -0.1) is 0 Å². The maximum Gasteiger partial charge on any atom is 0.00965 e. The van der Waals surface area contributed by atoms with E-state index in [9.17, 15) is 0 Å². The number of allylic oxidation sites excluding steroid dienone is 5. The molecule has 0 aliphatic rings. The van der Waals surface area contributed by atoms with Gasteiger partial charge in [-0.1, -0.05) is 56.2 Å². The van der Waals surface area contributed by atoms with E-state index in [0.717, 1.165) is 12.5 Å². The fourth-order valence-electron chi connectivity index (χ4n) is 1.98. The van der Waals surface area contributed by atoms with Crippen molar-refractivity contribution in [3.63, 3.8) is 0 Å². The van der Waals surface area contributed by atoms with Gasteiger partial charge in [-0.05, 0) is 59.4 Å². The van der Waals surface area contributed by atoms with E-state index in [1.807, 2.05) is 6.08 Å². The third kappa shape index (κ3) is 13.6. The Morgan fingerprint density at radius 1 is 1.20 bits per heavy atom. The van der Waals surface area contributed by atoms with E-state index in [1.54, 1.807) is 0 Å². The first kappa shape index (κ1) is 19.2. The summed E-state index contributed by atoms with van der Waals surface area (Å²) < 4.78 is 0. The third-order valence-corrected chi connectivity index (χ3v) is 3.43. The van der Waals surface area contributed by atoms with Crippen LogP contribution >= 0.6 is 0 Å². The van der Waals surface area contributed by atoms with Gasteiger partial charge in [0.1, 0.15) is 0 Å². The minimum absolute atomic E-state index is 0.252.